The number of anilines is 1. The number of carbonyl (C=O) groups excluding carboxylic acids is 3. The zero-order chi connectivity index (χ0) is 18.1. The lowest BCUT2D eigenvalue weighted by Gasteiger charge is -2.26. The summed E-state index contributed by atoms with van der Waals surface area (Å²) in [4.78, 5) is 47.3. The highest BCUT2D eigenvalue weighted by molar-refractivity contribution is 6.39. The Morgan fingerprint density at radius 2 is 1.80 bits per heavy atom. The van der Waals surface area contributed by atoms with Crippen molar-refractivity contribution in [2.24, 2.45) is 0 Å². The number of nitrogens with zero attached hydrogens (tertiary/aromatic N) is 2. The monoisotopic (exact) mass is 341 g/mol. The van der Waals surface area contributed by atoms with Gasteiger partial charge in [0.25, 0.3) is 11.8 Å². The Balaban J connectivity index is 1.98. The number of nitrogens with one attached hydrogen (secondary N) is 1. The number of hydrogen-bond donors (Lipinski definition) is 1. The van der Waals surface area contributed by atoms with Crippen molar-refractivity contribution >= 4 is 35.5 Å². The normalized spacial score (nSPS) is 16.3. The van der Waals surface area contributed by atoms with Crippen LogP contribution in [0.2, 0.25) is 0 Å². The van der Waals surface area contributed by atoms with E-state index in [1.54, 1.807) is 24.3 Å². The highest BCUT2D eigenvalue weighted by atomic mass is 16.6. The highest BCUT2D eigenvalue weighted by Crippen LogP contribution is 2.24. The maximum atomic E-state index is 12.6. The Hall–Kier alpha value is -3.75. The van der Waals surface area contributed by atoms with Gasteiger partial charge in [-0.2, -0.15) is 0 Å². The number of furan rings is 1. The summed E-state index contributed by atoms with van der Waals surface area (Å²) in [7, 11) is 0. The highest BCUT2D eigenvalue weighted by Gasteiger charge is 2.37. The van der Waals surface area contributed by atoms with Crippen molar-refractivity contribution in [1.82, 2.24) is 5.32 Å². The second-order valence-electron chi connectivity index (χ2n) is 5.23. The van der Waals surface area contributed by atoms with Gasteiger partial charge in [-0.25, -0.2) is 9.69 Å². The van der Waals surface area contributed by atoms with Crippen LogP contribution in [0.5, 0.6) is 0 Å². The van der Waals surface area contributed by atoms with E-state index in [0.717, 1.165) is 22.6 Å². The zero-order valence-corrected chi connectivity index (χ0v) is 12.9. The minimum atomic E-state index is -0.905. The molecule has 1 N–H and O–H groups in total. The van der Waals surface area contributed by atoms with Crippen LogP contribution in [0, 0.1) is 17.0 Å². The van der Waals surface area contributed by atoms with Gasteiger partial charge in [-0.1, -0.05) is 17.7 Å². The fraction of sp³-hybridized carbons (Fsp3) is 0.0625. The molecule has 0 bridgehead atoms. The van der Waals surface area contributed by atoms with Gasteiger partial charge in [0.15, 0.2) is 0 Å². The molecule has 2 aromatic rings. The van der Waals surface area contributed by atoms with Gasteiger partial charge in [0, 0.05) is 0 Å². The molecular formula is C16H11N3O6. The van der Waals surface area contributed by atoms with E-state index in [4.69, 9.17) is 4.42 Å². The molecule has 25 heavy (non-hydrogen) atoms. The van der Waals surface area contributed by atoms with Crippen molar-refractivity contribution in [3.63, 3.8) is 0 Å². The van der Waals surface area contributed by atoms with Crippen molar-refractivity contribution in [1.29, 1.82) is 0 Å². The molecule has 1 aliphatic rings. The number of amides is 4. The molecule has 0 saturated carbocycles. The molecule has 1 saturated heterocycles. The molecule has 2 heterocycles. The van der Waals surface area contributed by atoms with Crippen LogP contribution in [0.4, 0.5) is 16.4 Å². The van der Waals surface area contributed by atoms with E-state index < -0.39 is 28.7 Å². The Morgan fingerprint density at radius 1 is 1.12 bits per heavy atom. The van der Waals surface area contributed by atoms with E-state index in [0.29, 0.717) is 0 Å². The molecule has 0 atom stereocenters. The second-order valence-corrected chi connectivity index (χ2v) is 5.23. The molecule has 0 spiro atoms. The van der Waals surface area contributed by atoms with Crippen LogP contribution in [0.1, 0.15) is 11.3 Å². The number of aryl methyl sites for hydroxylation is 1. The molecule has 9 heteroatoms. The minimum Gasteiger partial charge on any atom is -0.401 e. The fourth-order valence-corrected chi connectivity index (χ4v) is 2.25. The molecule has 9 nitrogen and oxygen atoms in total. The van der Waals surface area contributed by atoms with Crippen LogP contribution in [-0.2, 0) is 9.59 Å². The molecule has 0 aliphatic carbocycles. The third-order valence-electron chi connectivity index (χ3n) is 3.47. The maximum absolute atomic E-state index is 12.6. The molecule has 126 valence electrons. The van der Waals surface area contributed by atoms with Crippen LogP contribution in [-0.4, -0.2) is 22.8 Å². The summed E-state index contributed by atoms with van der Waals surface area (Å²) in [5, 5.41) is 12.7. The van der Waals surface area contributed by atoms with E-state index in [9.17, 15) is 24.5 Å². The van der Waals surface area contributed by atoms with Crippen LogP contribution >= 0.6 is 0 Å². The van der Waals surface area contributed by atoms with Gasteiger partial charge < -0.3 is 4.42 Å². The number of imide groups is 2. The van der Waals surface area contributed by atoms with Crippen molar-refractivity contribution in [2.75, 3.05) is 4.90 Å². The number of benzene rings is 1. The van der Waals surface area contributed by atoms with E-state index >= 15 is 0 Å². The molecule has 0 radical (unpaired) electrons. The van der Waals surface area contributed by atoms with Crippen LogP contribution in [0.15, 0.2) is 46.4 Å². The Kier molecular flexibility index (Phi) is 3.89. The van der Waals surface area contributed by atoms with E-state index in [1.165, 1.54) is 6.07 Å². The first-order valence-corrected chi connectivity index (χ1v) is 7.09. The van der Waals surface area contributed by atoms with Gasteiger partial charge in [0.1, 0.15) is 16.3 Å². The van der Waals surface area contributed by atoms with Gasteiger partial charge >= 0.3 is 11.9 Å². The summed E-state index contributed by atoms with van der Waals surface area (Å²) in [5.74, 6) is -2.33. The van der Waals surface area contributed by atoms with E-state index in [-0.39, 0.29) is 17.0 Å². The maximum Gasteiger partial charge on any atom is 0.433 e. The molecule has 1 aromatic heterocycles. The van der Waals surface area contributed by atoms with Crippen LogP contribution in [0.25, 0.3) is 6.08 Å². The van der Waals surface area contributed by atoms with Crippen LogP contribution in [0.3, 0.4) is 0 Å². The number of hydrogen-bond acceptors (Lipinski definition) is 6. The Bertz CT molecular complexity index is 926. The Morgan fingerprint density at radius 3 is 2.40 bits per heavy atom. The zero-order valence-electron chi connectivity index (χ0n) is 12.9. The standard InChI is InChI=1S/C16H11N3O6/c1-9-2-4-10(5-3-9)18-15(21)12(14(20)17-16(18)22)8-11-6-7-13(25-11)19(23)24/h2-8H,1H3,(H,17,20,22)/b12-8+. The summed E-state index contributed by atoms with van der Waals surface area (Å²) >= 11 is 0. The van der Waals surface area contributed by atoms with Gasteiger partial charge in [-0.15, -0.1) is 0 Å². The number of urea groups is 1. The predicted octanol–water partition coefficient (Wildman–Crippen LogP) is 2.16. The quantitative estimate of drug-likeness (QED) is 0.395. The number of rotatable bonds is 3. The SMILES string of the molecule is Cc1ccc(N2C(=O)NC(=O)/C(=C\c3ccc([N+](=O)[O-])o3)C2=O)cc1. The average Bonchev–Trinajstić information content (AvgIpc) is 3.02. The lowest BCUT2D eigenvalue weighted by molar-refractivity contribution is -0.402. The summed E-state index contributed by atoms with van der Waals surface area (Å²) in [6, 6.07) is 8.04. The third-order valence-corrected chi connectivity index (χ3v) is 3.47. The second kappa shape index (κ2) is 6.04. The molecule has 1 aromatic carbocycles. The van der Waals surface area contributed by atoms with Crippen molar-refractivity contribution in [3.8, 4) is 0 Å². The summed E-state index contributed by atoms with van der Waals surface area (Å²) in [6.07, 6.45) is 1.05. The minimum absolute atomic E-state index is 0.0524. The molecule has 4 amide bonds. The van der Waals surface area contributed by atoms with Gasteiger partial charge in [-0.3, -0.25) is 25.0 Å². The molecule has 1 aliphatic heterocycles. The predicted molar refractivity (Wildman–Crippen MR) is 85.5 cm³/mol. The van der Waals surface area contributed by atoms with Gasteiger partial charge in [-0.05, 0) is 31.2 Å². The average molecular weight is 341 g/mol. The fourth-order valence-electron chi connectivity index (χ4n) is 2.25. The number of nitro groups is 1. The number of carbonyl (C=O) groups is 3. The smallest absolute Gasteiger partial charge is 0.401 e. The van der Waals surface area contributed by atoms with Crippen molar-refractivity contribution in [2.45, 2.75) is 6.92 Å². The van der Waals surface area contributed by atoms with Gasteiger partial charge in [0.2, 0.25) is 0 Å². The molecule has 3 rings (SSSR count). The van der Waals surface area contributed by atoms with E-state index in [2.05, 4.69) is 5.32 Å². The topological polar surface area (TPSA) is 123 Å². The lowest BCUT2D eigenvalue weighted by atomic mass is 10.1. The van der Waals surface area contributed by atoms with Gasteiger partial charge in [0.05, 0.1) is 11.8 Å². The molecular weight excluding hydrogens is 330 g/mol. The van der Waals surface area contributed by atoms with Crippen molar-refractivity contribution < 1.29 is 23.7 Å². The first-order chi connectivity index (χ1) is 11.9. The molecule has 1 fully saturated rings. The van der Waals surface area contributed by atoms with Crippen LogP contribution < -0.4 is 10.2 Å². The first-order valence-electron chi connectivity index (χ1n) is 7.09. The van der Waals surface area contributed by atoms with Crippen molar-refractivity contribution in [3.05, 3.63) is 63.4 Å². The summed E-state index contributed by atoms with van der Waals surface area (Å²) in [6.45, 7) is 1.85. The Labute approximate surface area is 140 Å². The third kappa shape index (κ3) is 3.02. The molecule has 0 unspecified atom stereocenters. The summed E-state index contributed by atoms with van der Waals surface area (Å²) < 4.78 is 4.92. The number of barbiturate groups is 1. The lowest BCUT2D eigenvalue weighted by Crippen LogP contribution is -2.54. The summed E-state index contributed by atoms with van der Waals surface area (Å²) in [5.41, 5.74) is 0.852. The largest absolute Gasteiger partial charge is 0.433 e. The first kappa shape index (κ1) is 16.1. The van der Waals surface area contributed by atoms with E-state index in [1.807, 2.05) is 6.92 Å².